The first kappa shape index (κ1) is 14.3. The van der Waals surface area contributed by atoms with Crippen molar-refractivity contribution in [3.63, 3.8) is 0 Å². The van der Waals surface area contributed by atoms with Crippen LogP contribution >= 0.6 is 0 Å². The van der Waals surface area contributed by atoms with E-state index in [1.54, 1.807) is 0 Å². The summed E-state index contributed by atoms with van der Waals surface area (Å²) in [6.07, 6.45) is 2.65. The molecule has 0 heterocycles. The molecule has 0 aromatic heterocycles. The van der Waals surface area contributed by atoms with Crippen LogP contribution in [0.1, 0.15) is 31.4 Å². The molecule has 1 fully saturated rings. The van der Waals surface area contributed by atoms with Crippen molar-refractivity contribution in [2.24, 2.45) is 5.73 Å². The molecule has 1 aliphatic carbocycles. The third-order valence-electron chi connectivity index (χ3n) is 4.41. The second kappa shape index (κ2) is 6.42. The molecule has 0 bridgehead atoms. The summed E-state index contributed by atoms with van der Waals surface area (Å²) in [5, 5.41) is 0. The van der Waals surface area contributed by atoms with Crippen LogP contribution in [-0.4, -0.2) is 24.0 Å². The fourth-order valence-corrected chi connectivity index (χ4v) is 3.13. The standard InChI is InChI=1S/C19H24N2/c1-2-21(18-12-13-18)19(14-20)17-10-8-16(9-11-17)15-6-4-3-5-7-15/h3-11,18-19H,2,12-14,20H2,1H3. The molecule has 2 aromatic carbocycles. The van der Waals surface area contributed by atoms with E-state index in [0.717, 1.165) is 12.6 Å². The van der Waals surface area contributed by atoms with E-state index in [9.17, 15) is 0 Å². The number of nitrogens with zero attached hydrogens (tertiary/aromatic N) is 1. The molecule has 0 amide bonds. The van der Waals surface area contributed by atoms with E-state index in [4.69, 9.17) is 5.73 Å². The van der Waals surface area contributed by atoms with Crippen LogP contribution in [0.5, 0.6) is 0 Å². The minimum atomic E-state index is 0.354. The number of likely N-dealkylation sites (N-methyl/N-ethyl adjacent to an activating group) is 1. The topological polar surface area (TPSA) is 29.3 Å². The Morgan fingerprint density at radius 1 is 1.00 bits per heavy atom. The Balaban J connectivity index is 1.82. The number of hydrogen-bond acceptors (Lipinski definition) is 2. The average molecular weight is 280 g/mol. The van der Waals surface area contributed by atoms with Crippen LogP contribution in [-0.2, 0) is 0 Å². The van der Waals surface area contributed by atoms with E-state index in [2.05, 4.69) is 66.4 Å². The first-order chi connectivity index (χ1) is 10.3. The van der Waals surface area contributed by atoms with Gasteiger partial charge in [0, 0.05) is 18.6 Å². The molecular weight excluding hydrogens is 256 g/mol. The molecule has 1 unspecified atom stereocenters. The van der Waals surface area contributed by atoms with Crippen molar-refractivity contribution in [1.82, 2.24) is 4.90 Å². The van der Waals surface area contributed by atoms with Gasteiger partial charge in [-0.1, -0.05) is 61.5 Å². The first-order valence-corrected chi connectivity index (χ1v) is 7.94. The Labute approximate surface area is 127 Å². The van der Waals surface area contributed by atoms with E-state index in [1.807, 2.05) is 0 Å². The van der Waals surface area contributed by atoms with Gasteiger partial charge in [0.25, 0.3) is 0 Å². The summed E-state index contributed by atoms with van der Waals surface area (Å²) in [4.78, 5) is 2.55. The molecule has 110 valence electrons. The van der Waals surface area contributed by atoms with Crippen molar-refractivity contribution in [2.75, 3.05) is 13.1 Å². The summed E-state index contributed by atoms with van der Waals surface area (Å²) in [7, 11) is 0. The van der Waals surface area contributed by atoms with Crippen molar-refractivity contribution in [2.45, 2.75) is 31.8 Å². The zero-order valence-corrected chi connectivity index (χ0v) is 12.7. The molecule has 0 radical (unpaired) electrons. The highest BCUT2D eigenvalue weighted by molar-refractivity contribution is 5.63. The number of benzene rings is 2. The largest absolute Gasteiger partial charge is 0.329 e. The van der Waals surface area contributed by atoms with Gasteiger partial charge in [-0.05, 0) is 36.1 Å². The van der Waals surface area contributed by atoms with Crippen molar-refractivity contribution < 1.29 is 0 Å². The lowest BCUT2D eigenvalue weighted by atomic mass is 10.00. The van der Waals surface area contributed by atoms with Gasteiger partial charge in [0.15, 0.2) is 0 Å². The highest BCUT2D eigenvalue weighted by atomic mass is 15.2. The minimum absolute atomic E-state index is 0.354. The third-order valence-corrected chi connectivity index (χ3v) is 4.41. The zero-order chi connectivity index (χ0) is 14.7. The molecule has 1 atom stereocenters. The van der Waals surface area contributed by atoms with Crippen molar-refractivity contribution in [1.29, 1.82) is 0 Å². The maximum atomic E-state index is 6.05. The monoisotopic (exact) mass is 280 g/mol. The van der Waals surface area contributed by atoms with E-state index in [1.165, 1.54) is 29.5 Å². The maximum Gasteiger partial charge on any atom is 0.0473 e. The van der Waals surface area contributed by atoms with Gasteiger partial charge in [-0.25, -0.2) is 0 Å². The van der Waals surface area contributed by atoms with Gasteiger partial charge in [0.2, 0.25) is 0 Å². The van der Waals surface area contributed by atoms with Crippen LogP contribution in [0.3, 0.4) is 0 Å². The van der Waals surface area contributed by atoms with Crippen molar-refractivity contribution >= 4 is 0 Å². The first-order valence-electron chi connectivity index (χ1n) is 7.94. The lowest BCUT2D eigenvalue weighted by Gasteiger charge is -2.30. The highest BCUT2D eigenvalue weighted by Crippen LogP contribution is 2.34. The van der Waals surface area contributed by atoms with Crippen LogP contribution in [0.2, 0.25) is 0 Å². The smallest absolute Gasteiger partial charge is 0.0473 e. The van der Waals surface area contributed by atoms with E-state index >= 15 is 0 Å². The lowest BCUT2D eigenvalue weighted by molar-refractivity contribution is 0.202. The fourth-order valence-electron chi connectivity index (χ4n) is 3.13. The second-order valence-electron chi connectivity index (χ2n) is 5.80. The average Bonchev–Trinajstić information content (AvgIpc) is 3.38. The number of hydrogen-bond donors (Lipinski definition) is 1. The molecule has 1 saturated carbocycles. The second-order valence-corrected chi connectivity index (χ2v) is 5.80. The maximum absolute atomic E-state index is 6.05. The molecule has 2 heteroatoms. The van der Waals surface area contributed by atoms with Crippen LogP contribution in [0.25, 0.3) is 11.1 Å². The van der Waals surface area contributed by atoms with Crippen LogP contribution in [0.15, 0.2) is 54.6 Å². The molecule has 0 saturated heterocycles. The molecule has 21 heavy (non-hydrogen) atoms. The fraction of sp³-hybridized carbons (Fsp3) is 0.368. The van der Waals surface area contributed by atoms with Crippen LogP contribution < -0.4 is 5.73 Å². The van der Waals surface area contributed by atoms with Crippen molar-refractivity contribution in [3.8, 4) is 11.1 Å². The normalized spacial score (nSPS) is 16.1. The molecular formula is C19H24N2. The van der Waals surface area contributed by atoms with Gasteiger partial charge in [-0.15, -0.1) is 0 Å². The molecule has 0 aliphatic heterocycles. The van der Waals surface area contributed by atoms with Gasteiger partial charge in [0.05, 0.1) is 0 Å². The van der Waals surface area contributed by atoms with E-state index in [-0.39, 0.29) is 0 Å². The van der Waals surface area contributed by atoms with Crippen LogP contribution in [0.4, 0.5) is 0 Å². The summed E-state index contributed by atoms with van der Waals surface area (Å²) in [5.74, 6) is 0. The lowest BCUT2D eigenvalue weighted by Crippen LogP contribution is -2.35. The van der Waals surface area contributed by atoms with Gasteiger partial charge in [-0.2, -0.15) is 0 Å². The quantitative estimate of drug-likeness (QED) is 0.871. The van der Waals surface area contributed by atoms with Crippen molar-refractivity contribution in [3.05, 3.63) is 60.2 Å². The highest BCUT2D eigenvalue weighted by Gasteiger charge is 2.32. The van der Waals surface area contributed by atoms with Gasteiger partial charge >= 0.3 is 0 Å². The summed E-state index contributed by atoms with van der Waals surface area (Å²) in [5.41, 5.74) is 9.93. The van der Waals surface area contributed by atoms with E-state index in [0.29, 0.717) is 12.6 Å². The number of rotatable bonds is 6. The van der Waals surface area contributed by atoms with Gasteiger partial charge in [0.1, 0.15) is 0 Å². The molecule has 3 rings (SSSR count). The molecule has 2 nitrogen and oxygen atoms in total. The SMILES string of the molecule is CCN(C1CC1)C(CN)c1ccc(-c2ccccc2)cc1. The summed E-state index contributed by atoms with van der Waals surface area (Å²) in [6, 6.07) is 20.5. The predicted octanol–water partition coefficient (Wildman–Crippen LogP) is 3.84. The minimum Gasteiger partial charge on any atom is -0.329 e. The zero-order valence-electron chi connectivity index (χ0n) is 12.7. The summed E-state index contributed by atoms with van der Waals surface area (Å²) < 4.78 is 0. The Hall–Kier alpha value is -1.64. The van der Waals surface area contributed by atoms with Crippen LogP contribution in [0, 0.1) is 0 Å². The molecule has 0 spiro atoms. The van der Waals surface area contributed by atoms with Gasteiger partial charge < -0.3 is 5.73 Å². The summed E-state index contributed by atoms with van der Waals surface area (Å²) in [6.45, 7) is 4.00. The number of nitrogens with two attached hydrogens (primary N) is 1. The third kappa shape index (κ3) is 3.17. The molecule has 2 N–H and O–H groups in total. The van der Waals surface area contributed by atoms with Gasteiger partial charge in [-0.3, -0.25) is 4.90 Å². The molecule has 1 aliphatic rings. The Morgan fingerprint density at radius 2 is 1.62 bits per heavy atom. The molecule has 2 aromatic rings. The van der Waals surface area contributed by atoms with E-state index < -0.39 is 0 Å². The Kier molecular flexibility index (Phi) is 4.37. The summed E-state index contributed by atoms with van der Waals surface area (Å²) >= 11 is 0. The Bertz CT molecular complexity index is 558. The predicted molar refractivity (Wildman–Crippen MR) is 89.1 cm³/mol. The Morgan fingerprint density at radius 3 is 2.14 bits per heavy atom.